The van der Waals surface area contributed by atoms with Crippen LogP contribution < -0.4 is 11.0 Å². The summed E-state index contributed by atoms with van der Waals surface area (Å²) in [5.41, 5.74) is -0.840. The molecule has 8 nitrogen and oxygen atoms in total. The van der Waals surface area contributed by atoms with Crippen LogP contribution in [0, 0.1) is 11.7 Å². The maximum absolute atomic E-state index is 14.2. The van der Waals surface area contributed by atoms with Crippen molar-refractivity contribution >= 4 is 11.9 Å². The molecule has 2 heterocycles. The number of amides is 1. The highest BCUT2D eigenvalue weighted by Gasteiger charge is 2.40. The smallest absolute Gasteiger partial charge is 0.412 e. The third-order valence-electron chi connectivity index (χ3n) is 4.31. The molecule has 1 saturated heterocycles. The van der Waals surface area contributed by atoms with Gasteiger partial charge in [0.15, 0.2) is 17.9 Å². The summed E-state index contributed by atoms with van der Waals surface area (Å²) >= 11 is 0. The predicted octanol–water partition coefficient (Wildman–Crippen LogP) is 3.06. The van der Waals surface area contributed by atoms with E-state index < -0.39 is 35.7 Å². The number of halogens is 1. The maximum atomic E-state index is 14.2. The lowest BCUT2D eigenvalue weighted by Gasteiger charge is -2.18. The van der Waals surface area contributed by atoms with Crippen molar-refractivity contribution < 1.29 is 23.8 Å². The maximum Gasteiger partial charge on any atom is 0.412 e. The van der Waals surface area contributed by atoms with Gasteiger partial charge in [-0.1, -0.05) is 40.5 Å². The lowest BCUT2D eigenvalue weighted by atomic mass is 10.0. The molecule has 0 radical (unpaired) electrons. The second-order valence-corrected chi connectivity index (χ2v) is 6.18. The molecule has 0 bridgehead atoms. The van der Waals surface area contributed by atoms with Gasteiger partial charge < -0.3 is 14.6 Å². The number of hydrogen-bond acceptors (Lipinski definition) is 6. The highest BCUT2D eigenvalue weighted by Crippen LogP contribution is 2.32. The second kappa shape index (κ2) is 11.0. The van der Waals surface area contributed by atoms with Crippen molar-refractivity contribution in [3.8, 4) is 0 Å². The Morgan fingerprint density at radius 3 is 2.63 bits per heavy atom. The molecule has 1 aliphatic heterocycles. The Morgan fingerprint density at radius 1 is 1.41 bits per heavy atom. The van der Waals surface area contributed by atoms with Crippen LogP contribution in [0.4, 0.5) is 15.0 Å². The Kier molecular flexibility index (Phi) is 9.37. The standard InChI is InChI=1S/C16H24FN3O5.C2H6/c1-4-5-6-7-24-16(23)19-13-11(17)8-20(15(22)18-13)14-12(21)9(2)10(3)25-14;1-2/h8-10,12,14,21H,4-7H2,1-3H3,(H,18,19,22,23);1-2H3/t9-,10-,12-,14-;/m1./s1. The summed E-state index contributed by atoms with van der Waals surface area (Å²) in [6, 6.07) is 0. The number of aliphatic hydroxyl groups excluding tert-OH is 1. The van der Waals surface area contributed by atoms with Crippen molar-refractivity contribution in [2.45, 2.75) is 72.3 Å². The zero-order valence-electron chi connectivity index (χ0n) is 16.6. The zero-order chi connectivity index (χ0) is 20.6. The second-order valence-electron chi connectivity index (χ2n) is 6.18. The van der Waals surface area contributed by atoms with E-state index in [1.165, 1.54) is 0 Å². The molecule has 4 atom stereocenters. The number of unbranched alkanes of at least 4 members (excludes halogenated alkanes) is 2. The summed E-state index contributed by atoms with van der Waals surface area (Å²) in [5, 5.41) is 12.2. The number of nitrogens with zero attached hydrogens (tertiary/aromatic N) is 2. The molecule has 1 aromatic heterocycles. The van der Waals surface area contributed by atoms with Crippen LogP contribution in [-0.2, 0) is 9.47 Å². The lowest BCUT2D eigenvalue weighted by Crippen LogP contribution is -2.34. The molecular weight excluding hydrogens is 357 g/mol. The van der Waals surface area contributed by atoms with E-state index >= 15 is 0 Å². The molecule has 1 fully saturated rings. The number of hydrogen-bond donors (Lipinski definition) is 2. The average molecular weight is 387 g/mol. The van der Waals surface area contributed by atoms with Crippen LogP contribution in [-0.4, -0.2) is 39.6 Å². The SMILES string of the molecule is CC.CCCCCOC(=O)Nc1nc(=O)n([C@@H]2O[C@H](C)[C@@H](C)[C@H]2O)cc1F. The molecule has 1 aliphatic rings. The molecule has 1 aromatic rings. The summed E-state index contributed by atoms with van der Waals surface area (Å²) < 4.78 is 25.5. The third-order valence-corrected chi connectivity index (χ3v) is 4.31. The molecule has 154 valence electrons. The number of nitrogens with one attached hydrogen (secondary N) is 1. The molecule has 2 rings (SSSR count). The van der Waals surface area contributed by atoms with Crippen LogP contribution in [0.5, 0.6) is 0 Å². The van der Waals surface area contributed by atoms with E-state index in [2.05, 4.69) is 10.3 Å². The summed E-state index contributed by atoms with van der Waals surface area (Å²) in [6.07, 6.45) is 0.313. The predicted molar refractivity (Wildman–Crippen MR) is 99.1 cm³/mol. The highest BCUT2D eigenvalue weighted by atomic mass is 19.1. The molecule has 0 aromatic carbocycles. The van der Waals surface area contributed by atoms with Crippen molar-refractivity contribution in [2.24, 2.45) is 5.92 Å². The minimum Gasteiger partial charge on any atom is -0.449 e. The Bertz CT molecular complexity index is 667. The summed E-state index contributed by atoms with van der Waals surface area (Å²) in [6.45, 7) is 9.75. The molecule has 0 saturated carbocycles. The van der Waals surface area contributed by atoms with Crippen molar-refractivity contribution in [1.29, 1.82) is 0 Å². The topological polar surface area (TPSA) is 103 Å². The van der Waals surface area contributed by atoms with Gasteiger partial charge in [0, 0.05) is 5.92 Å². The highest BCUT2D eigenvalue weighted by molar-refractivity contribution is 5.83. The van der Waals surface area contributed by atoms with Gasteiger partial charge in [-0.15, -0.1) is 0 Å². The van der Waals surface area contributed by atoms with Crippen molar-refractivity contribution in [3.05, 3.63) is 22.5 Å². The Morgan fingerprint density at radius 2 is 2.07 bits per heavy atom. The molecule has 0 aliphatic carbocycles. The molecule has 0 spiro atoms. The van der Waals surface area contributed by atoms with Gasteiger partial charge in [-0.2, -0.15) is 4.98 Å². The van der Waals surface area contributed by atoms with Gasteiger partial charge in [-0.3, -0.25) is 9.88 Å². The lowest BCUT2D eigenvalue weighted by molar-refractivity contribution is -0.0353. The van der Waals surface area contributed by atoms with Crippen LogP contribution in [0.25, 0.3) is 0 Å². The van der Waals surface area contributed by atoms with E-state index in [1.807, 2.05) is 20.8 Å². The van der Waals surface area contributed by atoms with Gasteiger partial charge >= 0.3 is 11.8 Å². The Labute approximate surface area is 158 Å². The number of aliphatic hydroxyl groups is 1. The quantitative estimate of drug-likeness (QED) is 0.727. The fourth-order valence-corrected chi connectivity index (χ4v) is 2.56. The number of carbonyl (C=O) groups is 1. The van der Waals surface area contributed by atoms with Gasteiger partial charge in [0.25, 0.3) is 0 Å². The first-order valence-corrected chi connectivity index (χ1v) is 9.41. The minimum atomic E-state index is -1.02. The Hall–Kier alpha value is -2.00. The molecular formula is C18H30FN3O5. The summed E-state index contributed by atoms with van der Waals surface area (Å²) in [4.78, 5) is 27.2. The van der Waals surface area contributed by atoms with Crippen LogP contribution >= 0.6 is 0 Å². The van der Waals surface area contributed by atoms with Crippen molar-refractivity contribution in [2.75, 3.05) is 11.9 Å². The summed E-state index contributed by atoms with van der Waals surface area (Å²) in [7, 11) is 0. The minimum absolute atomic E-state index is 0.205. The largest absolute Gasteiger partial charge is 0.449 e. The molecule has 2 N–H and O–H groups in total. The first kappa shape index (κ1) is 23.0. The van der Waals surface area contributed by atoms with Crippen molar-refractivity contribution in [1.82, 2.24) is 9.55 Å². The van der Waals surface area contributed by atoms with E-state index in [1.54, 1.807) is 13.8 Å². The monoisotopic (exact) mass is 387 g/mol. The summed E-state index contributed by atoms with van der Waals surface area (Å²) in [5.74, 6) is -1.65. The van der Waals surface area contributed by atoms with Crippen LogP contribution in [0.2, 0.25) is 0 Å². The van der Waals surface area contributed by atoms with Gasteiger partial charge in [0.1, 0.15) is 6.10 Å². The molecule has 1 amide bonds. The van der Waals surface area contributed by atoms with E-state index in [4.69, 9.17) is 9.47 Å². The number of rotatable bonds is 6. The first-order chi connectivity index (χ1) is 12.8. The van der Waals surface area contributed by atoms with Crippen LogP contribution in [0.1, 0.15) is 60.1 Å². The zero-order valence-corrected chi connectivity index (χ0v) is 16.6. The molecule has 27 heavy (non-hydrogen) atoms. The first-order valence-electron chi connectivity index (χ1n) is 9.41. The average Bonchev–Trinajstić information content (AvgIpc) is 2.90. The number of carbonyl (C=O) groups excluding carboxylic acids is 1. The Balaban J connectivity index is 0.00000176. The number of anilines is 1. The number of ether oxygens (including phenoxy) is 2. The van der Waals surface area contributed by atoms with Gasteiger partial charge in [0.2, 0.25) is 0 Å². The fraction of sp³-hybridized carbons (Fsp3) is 0.722. The van der Waals surface area contributed by atoms with E-state index in [-0.39, 0.29) is 18.6 Å². The van der Waals surface area contributed by atoms with Gasteiger partial charge in [-0.05, 0) is 13.3 Å². The van der Waals surface area contributed by atoms with E-state index in [0.29, 0.717) is 6.42 Å². The number of aromatic nitrogens is 2. The van der Waals surface area contributed by atoms with Crippen LogP contribution in [0.3, 0.4) is 0 Å². The van der Waals surface area contributed by atoms with Gasteiger partial charge in [-0.25, -0.2) is 14.0 Å². The third kappa shape index (κ3) is 6.00. The van der Waals surface area contributed by atoms with E-state index in [0.717, 1.165) is 23.6 Å². The van der Waals surface area contributed by atoms with Crippen molar-refractivity contribution in [3.63, 3.8) is 0 Å². The molecule has 9 heteroatoms. The fourth-order valence-electron chi connectivity index (χ4n) is 2.56. The van der Waals surface area contributed by atoms with Gasteiger partial charge in [0.05, 0.1) is 18.9 Å². The normalized spacial score (nSPS) is 24.1. The van der Waals surface area contributed by atoms with Crippen LogP contribution in [0.15, 0.2) is 11.0 Å². The van der Waals surface area contributed by atoms with E-state index in [9.17, 15) is 19.1 Å². The molecule has 0 unspecified atom stereocenters.